The number of urea groups is 1. The van der Waals surface area contributed by atoms with Gasteiger partial charge in [0.05, 0.1) is 23.3 Å². The van der Waals surface area contributed by atoms with Crippen LogP contribution in [0.2, 0.25) is 10.0 Å². The van der Waals surface area contributed by atoms with Gasteiger partial charge in [-0.25, -0.2) is 14.2 Å². The number of hydrogen-bond donors (Lipinski definition) is 2. The van der Waals surface area contributed by atoms with E-state index in [-0.39, 0.29) is 17.4 Å². The van der Waals surface area contributed by atoms with Crippen LogP contribution >= 0.6 is 23.2 Å². The van der Waals surface area contributed by atoms with Crippen molar-refractivity contribution in [2.75, 3.05) is 25.4 Å². The zero-order valence-electron chi connectivity index (χ0n) is 16.3. The van der Waals surface area contributed by atoms with Crippen LogP contribution in [0.4, 0.5) is 15.0 Å². The van der Waals surface area contributed by atoms with Gasteiger partial charge in [0, 0.05) is 36.3 Å². The quantitative estimate of drug-likeness (QED) is 0.534. The van der Waals surface area contributed by atoms with Gasteiger partial charge in [0.15, 0.2) is 11.4 Å². The highest BCUT2D eigenvalue weighted by atomic mass is 35.5. The van der Waals surface area contributed by atoms with Gasteiger partial charge in [-0.05, 0) is 29.7 Å². The van der Waals surface area contributed by atoms with Crippen LogP contribution < -0.4 is 16.2 Å². The maximum Gasteiger partial charge on any atom is 0.315 e. The van der Waals surface area contributed by atoms with Gasteiger partial charge in [-0.3, -0.25) is 0 Å². The third-order valence-corrected chi connectivity index (χ3v) is 5.82. The second kappa shape index (κ2) is 8.64. The number of nitrogen functional groups attached to an aromatic ring is 1. The number of carbonyl (C=O) groups is 1. The average molecular weight is 465 g/mol. The van der Waals surface area contributed by atoms with Crippen molar-refractivity contribution in [3.63, 3.8) is 0 Å². The van der Waals surface area contributed by atoms with E-state index in [1.807, 2.05) is 6.08 Å². The Kier molecular flexibility index (Phi) is 5.93. The molecule has 0 unspecified atom stereocenters. The number of pyridine rings is 1. The molecule has 7 nitrogen and oxygen atoms in total. The van der Waals surface area contributed by atoms with Crippen LogP contribution in [0.1, 0.15) is 17.5 Å². The number of amides is 2. The molecule has 4 N–H and O–H groups in total. The van der Waals surface area contributed by atoms with E-state index in [0.29, 0.717) is 47.8 Å². The number of nitrogens with zero attached hydrogens (tertiary/aromatic N) is 2. The van der Waals surface area contributed by atoms with Gasteiger partial charge < -0.3 is 25.5 Å². The van der Waals surface area contributed by atoms with Crippen LogP contribution in [0, 0.1) is 5.82 Å². The molecule has 31 heavy (non-hydrogen) atoms. The highest BCUT2D eigenvalue weighted by Crippen LogP contribution is 2.37. The Bertz CT molecular complexity index is 1200. The Morgan fingerprint density at radius 2 is 2.13 bits per heavy atom. The van der Waals surface area contributed by atoms with Crippen molar-refractivity contribution in [3.8, 4) is 5.75 Å². The molecule has 0 bridgehead atoms. The molecule has 0 aliphatic carbocycles. The molecule has 0 radical (unpaired) electrons. The summed E-state index contributed by atoms with van der Waals surface area (Å²) in [6.45, 7) is 1.14. The Hall–Kier alpha value is -2.97. The largest absolute Gasteiger partial charge is 0.486 e. The molecular formula is C21H19Cl2FN4O3. The third-order valence-electron chi connectivity index (χ3n) is 5.17. The summed E-state index contributed by atoms with van der Waals surface area (Å²) in [5.41, 5.74) is 14.3. The molecular weight excluding hydrogens is 446 g/mol. The van der Waals surface area contributed by atoms with Crippen LogP contribution in [-0.4, -0.2) is 35.6 Å². The van der Waals surface area contributed by atoms with E-state index in [9.17, 15) is 9.18 Å². The van der Waals surface area contributed by atoms with E-state index in [0.717, 1.165) is 16.5 Å². The maximum absolute atomic E-state index is 13.7. The molecule has 0 atom stereocenters. The second-order valence-electron chi connectivity index (χ2n) is 7.08. The number of carbonyl (C=O) groups excluding carboxylic acids is 1. The molecule has 0 saturated carbocycles. The number of halogens is 3. The minimum atomic E-state index is -0.546. The average Bonchev–Trinajstić information content (AvgIpc) is 3.17. The molecule has 1 aliphatic rings. The fourth-order valence-electron chi connectivity index (χ4n) is 3.50. The first kappa shape index (κ1) is 21.3. The van der Waals surface area contributed by atoms with Gasteiger partial charge in [-0.2, -0.15) is 0 Å². The van der Waals surface area contributed by atoms with E-state index in [4.69, 9.17) is 43.8 Å². The molecule has 10 heteroatoms. The first-order valence-electron chi connectivity index (χ1n) is 9.50. The van der Waals surface area contributed by atoms with Crippen molar-refractivity contribution < 1.29 is 18.3 Å². The highest BCUT2D eigenvalue weighted by molar-refractivity contribution is 6.35. The van der Waals surface area contributed by atoms with Crippen LogP contribution in [0.3, 0.4) is 0 Å². The smallest absolute Gasteiger partial charge is 0.315 e. The predicted molar refractivity (Wildman–Crippen MR) is 118 cm³/mol. The number of fused-ring (bicyclic) bond motifs is 1. The highest BCUT2D eigenvalue weighted by Gasteiger charge is 2.21. The molecule has 3 aromatic rings. The van der Waals surface area contributed by atoms with Crippen molar-refractivity contribution in [1.29, 1.82) is 0 Å². The molecule has 3 heterocycles. The molecule has 162 valence electrons. The van der Waals surface area contributed by atoms with Crippen molar-refractivity contribution in [2.45, 2.75) is 12.8 Å². The Morgan fingerprint density at radius 1 is 1.32 bits per heavy atom. The number of benzene rings is 1. The lowest BCUT2D eigenvalue weighted by Crippen LogP contribution is -2.38. The summed E-state index contributed by atoms with van der Waals surface area (Å²) in [5, 5.41) is 1.07. The molecule has 1 aromatic carbocycles. The Morgan fingerprint density at radius 3 is 2.84 bits per heavy atom. The molecule has 0 saturated heterocycles. The fourth-order valence-corrected chi connectivity index (χ4v) is 3.98. The summed E-state index contributed by atoms with van der Waals surface area (Å²) in [4.78, 5) is 17.1. The fraction of sp³-hybridized carbons (Fsp3) is 0.238. The van der Waals surface area contributed by atoms with E-state index < -0.39 is 11.8 Å². The zero-order chi connectivity index (χ0) is 22.1. The molecule has 0 spiro atoms. The molecule has 0 fully saturated rings. The SMILES string of the molecule is NC(=O)N1CC=C(c2coc3c(OCCc4cc(F)c(Cl)cc4Cl)c(N)ncc23)CC1. The normalized spacial score (nSPS) is 14.0. The van der Waals surface area contributed by atoms with E-state index >= 15 is 0 Å². The topological polar surface area (TPSA) is 108 Å². The van der Waals surface area contributed by atoms with Crippen LogP contribution in [-0.2, 0) is 6.42 Å². The van der Waals surface area contributed by atoms with Crippen molar-refractivity contribution in [3.05, 3.63) is 57.7 Å². The first-order valence-corrected chi connectivity index (χ1v) is 10.3. The lowest BCUT2D eigenvalue weighted by atomic mass is 9.99. The van der Waals surface area contributed by atoms with Crippen molar-refractivity contribution in [2.24, 2.45) is 5.73 Å². The van der Waals surface area contributed by atoms with Crippen molar-refractivity contribution >= 4 is 51.6 Å². The summed E-state index contributed by atoms with van der Waals surface area (Å²) >= 11 is 11.9. The second-order valence-corrected chi connectivity index (χ2v) is 7.90. The standard InChI is InChI=1S/C21H19Cl2FN4O3/c22-15-8-16(23)17(24)7-12(15)3-6-30-19-18-13(9-27-20(19)25)14(10-31-18)11-1-4-28(5-2-11)21(26)29/h1,7-10H,2-6H2,(H2,25,27)(H2,26,29). The summed E-state index contributed by atoms with van der Waals surface area (Å²) in [5.74, 6) is -0.0560. The summed E-state index contributed by atoms with van der Waals surface area (Å²) in [6.07, 6.45) is 6.16. The van der Waals surface area contributed by atoms with E-state index in [2.05, 4.69) is 4.98 Å². The maximum atomic E-state index is 13.7. The lowest BCUT2D eigenvalue weighted by molar-refractivity contribution is 0.213. The molecule has 2 aromatic heterocycles. The number of furan rings is 1. The summed E-state index contributed by atoms with van der Waals surface area (Å²) in [7, 11) is 0. The third kappa shape index (κ3) is 4.26. The van der Waals surface area contributed by atoms with Crippen LogP contribution in [0.25, 0.3) is 16.5 Å². The molecule has 2 amide bonds. The minimum Gasteiger partial charge on any atom is -0.486 e. The number of ether oxygens (including phenoxy) is 1. The number of primary amides is 1. The molecule has 1 aliphatic heterocycles. The summed E-state index contributed by atoms with van der Waals surface area (Å²) in [6, 6.07) is 2.20. The number of hydrogen-bond acceptors (Lipinski definition) is 5. The van der Waals surface area contributed by atoms with E-state index in [1.54, 1.807) is 17.4 Å². The van der Waals surface area contributed by atoms with Gasteiger partial charge >= 0.3 is 6.03 Å². The van der Waals surface area contributed by atoms with Gasteiger partial charge in [0.25, 0.3) is 0 Å². The number of aromatic nitrogens is 1. The van der Waals surface area contributed by atoms with Crippen molar-refractivity contribution in [1.82, 2.24) is 9.88 Å². The van der Waals surface area contributed by atoms with Crippen LogP contribution in [0.5, 0.6) is 5.75 Å². The monoisotopic (exact) mass is 464 g/mol. The van der Waals surface area contributed by atoms with Gasteiger partial charge in [0.2, 0.25) is 5.75 Å². The minimum absolute atomic E-state index is 0.0352. The predicted octanol–water partition coefficient (Wildman–Crippen LogP) is 4.65. The first-order chi connectivity index (χ1) is 14.8. The van der Waals surface area contributed by atoms with E-state index in [1.165, 1.54) is 12.1 Å². The number of anilines is 1. The van der Waals surface area contributed by atoms with Gasteiger partial charge in [-0.1, -0.05) is 29.3 Å². The summed E-state index contributed by atoms with van der Waals surface area (Å²) < 4.78 is 25.3. The van der Waals surface area contributed by atoms with Crippen LogP contribution in [0.15, 0.2) is 35.1 Å². The zero-order valence-corrected chi connectivity index (χ0v) is 17.8. The Labute approximate surface area is 187 Å². The molecule has 4 rings (SSSR count). The van der Waals surface area contributed by atoms with Gasteiger partial charge in [-0.15, -0.1) is 0 Å². The number of rotatable bonds is 5. The number of nitrogens with two attached hydrogens (primary N) is 2. The Balaban J connectivity index is 1.55. The van der Waals surface area contributed by atoms with Gasteiger partial charge in [0.1, 0.15) is 5.82 Å². The lowest BCUT2D eigenvalue weighted by Gasteiger charge is -2.24.